The lowest BCUT2D eigenvalue weighted by Crippen LogP contribution is -1.98. The Kier molecular flexibility index (Phi) is 2.66. The third kappa shape index (κ3) is 1.92. The van der Waals surface area contributed by atoms with Crippen LogP contribution in [0.1, 0.15) is 5.69 Å². The van der Waals surface area contributed by atoms with E-state index >= 15 is 0 Å². The van der Waals surface area contributed by atoms with Gasteiger partial charge in [-0.1, -0.05) is 17.7 Å². The van der Waals surface area contributed by atoms with Crippen LogP contribution in [-0.4, -0.2) is 9.97 Å². The Morgan fingerprint density at radius 1 is 1.25 bits per heavy atom. The summed E-state index contributed by atoms with van der Waals surface area (Å²) in [5.74, 6) is 0.267. The largest absolute Gasteiger partial charge is 0.398 e. The minimum Gasteiger partial charge on any atom is -0.398 e. The Morgan fingerprint density at radius 3 is 2.62 bits per heavy atom. The fourth-order valence-corrected chi connectivity index (χ4v) is 1.60. The predicted octanol–water partition coefficient (Wildman–Crippen LogP) is 2.27. The maximum absolute atomic E-state index is 5.86. The predicted molar refractivity (Wildman–Crippen MR) is 66.0 cm³/mol. The highest BCUT2D eigenvalue weighted by atomic mass is 35.5. The van der Waals surface area contributed by atoms with Crippen LogP contribution in [-0.2, 0) is 0 Å². The average Bonchev–Trinajstić information content (AvgIpc) is 2.22. The van der Waals surface area contributed by atoms with E-state index < -0.39 is 0 Å². The van der Waals surface area contributed by atoms with Crippen LogP contribution in [0.2, 0.25) is 5.02 Å². The number of nitrogens with two attached hydrogens (primary N) is 2. The van der Waals surface area contributed by atoms with Gasteiger partial charge in [0.25, 0.3) is 0 Å². The van der Waals surface area contributed by atoms with Crippen molar-refractivity contribution in [2.24, 2.45) is 0 Å². The highest BCUT2D eigenvalue weighted by molar-refractivity contribution is 6.33. The van der Waals surface area contributed by atoms with Crippen LogP contribution < -0.4 is 11.5 Å². The van der Waals surface area contributed by atoms with Gasteiger partial charge in [-0.3, -0.25) is 0 Å². The quantitative estimate of drug-likeness (QED) is 0.742. The first-order valence-corrected chi connectivity index (χ1v) is 5.10. The van der Waals surface area contributed by atoms with Gasteiger partial charge < -0.3 is 11.5 Å². The molecule has 0 unspecified atom stereocenters. The normalized spacial score (nSPS) is 10.4. The molecule has 0 atom stereocenters. The Bertz CT molecular complexity index is 540. The smallest absolute Gasteiger partial charge is 0.220 e. The van der Waals surface area contributed by atoms with E-state index in [2.05, 4.69) is 9.97 Å². The van der Waals surface area contributed by atoms with Gasteiger partial charge in [-0.05, 0) is 24.6 Å². The van der Waals surface area contributed by atoms with Crippen LogP contribution >= 0.6 is 11.6 Å². The lowest BCUT2D eigenvalue weighted by molar-refractivity contribution is 1.12. The van der Waals surface area contributed by atoms with E-state index in [1.807, 2.05) is 13.0 Å². The van der Waals surface area contributed by atoms with Crippen LogP contribution in [0.5, 0.6) is 0 Å². The number of rotatable bonds is 1. The molecule has 1 aromatic heterocycles. The molecule has 4 N–H and O–H groups in total. The zero-order chi connectivity index (χ0) is 11.7. The standard InChI is InChI=1S/C11H11ClN4/c1-6-8(5-15-11(14)16-6)7-2-3-9(12)10(13)4-7/h2-5H,13H2,1H3,(H2,14,15,16). The Labute approximate surface area is 98.3 Å². The van der Waals surface area contributed by atoms with Gasteiger partial charge in [-0.25, -0.2) is 9.97 Å². The van der Waals surface area contributed by atoms with Gasteiger partial charge in [0, 0.05) is 11.8 Å². The second-order valence-corrected chi connectivity index (χ2v) is 3.87. The summed E-state index contributed by atoms with van der Waals surface area (Å²) in [4.78, 5) is 8.06. The zero-order valence-electron chi connectivity index (χ0n) is 8.74. The maximum atomic E-state index is 5.86. The summed E-state index contributed by atoms with van der Waals surface area (Å²) in [6.07, 6.45) is 1.68. The summed E-state index contributed by atoms with van der Waals surface area (Å²) >= 11 is 5.86. The zero-order valence-corrected chi connectivity index (χ0v) is 9.49. The highest BCUT2D eigenvalue weighted by Gasteiger charge is 2.06. The molecule has 2 aromatic rings. The summed E-state index contributed by atoms with van der Waals surface area (Å²) in [6.45, 7) is 1.87. The SMILES string of the molecule is Cc1nc(N)ncc1-c1ccc(Cl)c(N)c1. The minimum atomic E-state index is 0.267. The van der Waals surface area contributed by atoms with Crippen LogP contribution in [0, 0.1) is 6.92 Å². The summed E-state index contributed by atoms with van der Waals surface area (Å²) < 4.78 is 0. The minimum absolute atomic E-state index is 0.267. The van der Waals surface area contributed by atoms with Crippen molar-refractivity contribution in [3.05, 3.63) is 35.1 Å². The number of halogens is 1. The second-order valence-electron chi connectivity index (χ2n) is 3.46. The summed E-state index contributed by atoms with van der Waals surface area (Å²) in [5, 5.41) is 0.540. The molecule has 0 saturated heterocycles. The number of aryl methyl sites for hydroxylation is 1. The topological polar surface area (TPSA) is 77.8 Å². The molecule has 4 nitrogen and oxygen atoms in total. The molecular formula is C11H11ClN4. The molecule has 16 heavy (non-hydrogen) atoms. The van der Waals surface area contributed by atoms with E-state index in [1.54, 1.807) is 18.3 Å². The molecule has 0 spiro atoms. The van der Waals surface area contributed by atoms with Crippen LogP contribution in [0.25, 0.3) is 11.1 Å². The molecule has 0 radical (unpaired) electrons. The molecule has 2 rings (SSSR count). The molecule has 0 bridgehead atoms. The molecule has 0 aliphatic carbocycles. The van der Waals surface area contributed by atoms with Crippen molar-refractivity contribution in [1.82, 2.24) is 9.97 Å². The molecule has 0 saturated carbocycles. The maximum Gasteiger partial charge on any atom is 0.220 e. The first kappa shape index (κ1) is 10.7. The third-order valence-electron chi connectivity index (χ3n) is 2.30. The lowest BCUT2D eigenvalue weighted by atomic mass is 10.1. The van der Waals surface area contributed by atoms with Crippen molar-refractivity contribution in [2.45, 2.75) is 6.92 Å². The van der Waals surface area contributed by atoms with Crippen molar-refractivity contribution in [1.29, 1.82) is 0 Å². The fraction of sp³-hybridized carbons (Fsp3) is 0.0909. The van der Waals surface area contributed by atoms with E-state index in [4.69, 9.17) is 23.1 Å². The average molecular weight is 235 g/mol. The van der Waals surface area contributed by atoms with Gasteiger partial charge in [-0.2, -0.15) is 0 Å². The number of hydrogen-bond acceptors (Lipinski definition) is 4. The number of nitrogen functional groups attached to an aromatic ring is 2. The number of benzene rings is 1. The molecule has 0 aliphatic heterocycles. The van der Waals surface area contributed by atoms with Crippen molar-refractivity contribution in [3.8, 4) is 11.1 Å². The van der Waals surface area contributed by atoms with E-state index in [0.717, 1.165) is 16.8 Å². The van der Waals surface area contributed by atoms with Crippen LogP contribution in [0.15, 0.2) is 24.4 Å². The van der Waals surface area contributed by atoms with Gasteiger partial charge in [-0.15, -0.1) is 0 Å². The van der Waals surface area contributed by atoms with Gasteiger partial charge in [0.05, 0.1) is 16.4 Å². The molecule has 1 heterocycles. The molecular weight excluding hydrogens is 224 g/mol. The van der Waals surface area contributed by atoms with Gasteiger partial charge in [0.2, 0.25) is 5.95 Å². The number of nitrogens with zero attached hydrogens (tertiary/aromatic N) is 2. The van der Waals surface area contributed by atoms with E-state index in [-0.39, 0.29) is 5.95 Å². The molecule has 0 fully saturated rings. The van der Waals surface area contributed by atoms with Gasteiger partial charge >= 0.3 is 0 Å². The molecule has 0 amide bonds. The third-order valence-corrected chi connectivity index (χ3v) is 2.65. The van der Waals surface area contributed by atoms with Crippen molar-refractivity contribution < 1.29 is 0 Å². The Morgan fingerprint density at radius 2 is 2.00 bits per heavy atom. The monoisotopic (exact) mass is 234 g/mol. The summed E-state index contributed by atoms with van der Waals surface area (Å²) in [6, 6.07) is 5.42. The summed E-state index contributed by atoms with van der Waals surface area (Å²) in [5.41, 5.74) is 14.4. The van der Waals surface area contributed by atoms with Gasteiger partial charge in [0.15, 0.2) is 0 Å². The first-order chi connectivity index (χ1) is 7.58. The Hall–Kier alpha value is -1.81. The highest BCUT2D eigenvalue weighted by Crippen LogP contribution is 2.27. The van der Waals surface area contributed by atoms with E-state index in [0.29, 0.717) is 10.7 Å². The second kappa shape index (κ2) is 3.98. The molecule has 1 aromatic carbocycles. The van der Waals surface area contributed by atoms with Gasteiger partial charge in [0.1, 0.15) is 0 Å². The molecule has 0 aliphatic rings. The van der Waals surface area contributed by atoms with Crippen molar-refractivity contribution in [2.75, 3.05) is 11.5 Å². The van der Waals surface area contributed by atoms with E-state index in [9.17, 15) is 0 Å². The molecule has 5 heteroatoms. The Balaban J connectivity index is 2.54. The van der Waals surface area contributed by atoms with E-state index in [1.165, 1.54) is 0 Å². The van der Waals surface area contributed by atoms with Crippen molar-refractivity contribution in [3.63, 3.8) is 0 Å². The summed E-state index contributed by atoms with van der Waals surface area (Å²) in [7, 11) is 0. The van der Waals surface area contributed by atoms with Crippen LogP contribution in [0.3, 0.4) is 0 Å². The lowest BCUT2D eigenvalue weighted by Gasteiger charge is -2.07. The number of hydrogen-bond donors (Lipinski definition) is 2. The van der Waals surface area contributed by atoms with Crippen LogP contribution in [0.4, 0.5) is 11.6 Å². The fourth-order valence-electron chi connectivity index (χ4n) is 1.48. The number of aromatic nitrogens is 2. The number of anilines is 2. The van der Waals surface area contributed by atoms with Crippen molar-refractivity contribution >= 4 is 23.2 Å². The first-order valence-electron chi connectivity index (χ1n) is 4.72. The molecule has 82 valence electrons.